The lowest BCUT2D eigenvalue weighted by Gasteiger charge is -1.99. The second-order valence-corrected chi connectivity index (χ2v) is 4.51. The maximum Gasteiger partial charge on any atom is 0.222 e. The minimum atomic E-state index is 0.315. The second kappa shape index (κ2) is 3.74. The average Bonchev–Trinajstić information content (AvgIpc) is 2.51. The zero-order chi connectivity index (χ0) is 10.1. The third kappa shape index (κ3) is 1.83. The Balaban J connectivity index is 2.52. The first-order valence-electron chi connectivity index (χ1n) is 3.84. The largest absolute Gasteiger partial charge is 0.368 e. The summed E-state index contributed by atoms with van der Waals surface area (Å²) in [5.74, 6) is 0.315. The number of nitrogens with zero attached hydrogens (tertiary/aromatic N) is 1. The molecule has 0 fully saturated rings. The molecule has 5 heteroatoms. The van der Waals surface area contributed by atoms with Crippen LogP contribution in [0, 0.1) is 0 Å². The summed E-state index contributed by atoms with van der Waals surface area (Å²) in [5, 5.41) is 3.83. The van der Waals surface area contributed by atoms with Crippen LogP contribution in [0.5, 0.6) is 0 Å². The van der Waals surface area contributed by atoms with Crippen molar-refractivity contribution in [3.05, 3.63) is 33.2 Å². The summed E-state index contributed by atoms with van der Waals surface area (Å²) in [6.45, 7) is 0. The van der Waals surface area contributed by atoms with Crippen molar-refractivity contribution >= 4 is 37.7 Å². The molecule has 0 saturated carbocycles. The highest BCUT2D eigenvalue weighted by molar-refractivity contribution is 9.11. The van der Waals surface area contributed by atoms with Gasteiger partial charge in [0.15, 0.2) is 0 Å². The zero-order valence-corrected chi connectivity index (χ0v) is 10.2. The monoisotopic (exact) mass is 316 g/mol. The Morgan fingerprint density at radius 3 is 2.57 bits per heavy atom. The summed E-state index contributed by atoms with van der Waals surface area (Å²) < 4.78 is 6.75. The predicted molar refractivity (Wildman–Crippen MR) is 61.8 cm³/mol. The van der Waals surface area contributed by atoms with E-state index >= 15 is 0 Å². The summed E-state index contributed by atoms with van der Waals surface area (Å²) in [6.07, 6.45) is 0. The van der Waals surface area contributed by atoms with Crippen molar-refractivity contribution in [2.24, 2.45) is 0 Å². The first-order valence-corrected chi connectivity index (χ1v) is 5.43. The van der Waals surface area contributed by atoms with Crippen molar-refractivity contribution < 1.29 is 4.52 Å². The molecule has 2 aromatic rings. The third-order valence-electron chi connectivity index (χ3n) is 1.74. The molecule has 1 aromatic carbocycles. The lowest BCUT2D eigenvalue weighted by atomic mass is 10.1. The van der Waals surface area contributed by atoms with Crippen molar-refractivity contribution in [3.63, 3.8) is 0 Å². The molecule has 0 atom stereocenters. The average molecular weight is 318 g/mol. The van der Waals surface area contributed by atoms with Crippen molar-refractivity contribution in [2.75, 3.05) is 5.73 Å². The molecule has 2 N–H and O–H groups in total. The molecule has 0 unspecified atom stereocenters. The van der Waals surface area contributed by atoms with Gasteiger partial charge in [-0.25, -0.2) is 0 Å². The lowest BCUT2D eigenvalue weighted by Crippen LogP contribution is -1.79. The number of nitrogen functional groups attached to an aromatic ring is 1. The molecule has 0 spiro atoms. The third-order valence-corrected chi connectivity index (χ3v) is 2.88. The molecule has 1 aromatic heterocycles. The van der Waals surface area contributed by atoms with E-state index in [1.54, 1.807) is 6.07 Å². The van der Waals surface area contributed by atoms with Crippen molar-refractivity contribution in [1.82, 2.24) is 5.16 Å². The van der Waals surface area contributed by atoms with Gasteiger partial charge in [-0.2, -0.15) is 0 Å². The van der Waals surface area contributed by atoms with Gasteiger partial charge in [0.25, 0.3) is 0 Å². The van der Waals surface area contributed by atoms with E-state index in [9.17, 15) is 0 Å². The van der Waals surface area contributed by atoms with Crippen LogP contribution in [-0.2, 0) is 0 Å². The van der Waals surface area contributed by atoms with Gasteiger partial charge in [-0.3, -0.25) is 0 Å². The molecule has 0 bridgehead atoms. The number of rotatable bonds is 1. The fourth-order valence-electron chi connectivity index (χ4n) is 1.11. The molecule has 0 aliphatic carbocycles. The van der Waals surface area contributed by atoms with E-state index in [4.69, 9.17) is 10.3 Å². The fourth-order valence-corrected chi connectivity index (χ4v) is 2.36. The quantitative estimate of drug-likeness (QED) is 0.876. The highest BCUT2D eigenvalue weighted by atomic mass is 79.9. The number of halogens is 2. The van der Waals surface area contributed by atoms with Crippen LogP contribution < -0.4 is 5.73 Å². The molecule has 14 heavy (non-hydrogen) atoms. The van der Waals surface area contributed by atoms with Gasteiger partial charge >= 0.3 is 0 Å². The molecule has 0 radical (unpaired) electrons. The minimum absolute atomic E-state index is 0.315. The molecule has 0 amide bonds. The Morgan fingerprint density at radius 2 is 2.00 bits per heavy atom. The molecular weight excluding hydrogens is 312 g/mol. The van der Waals surface area contributed by atoms with Gasteiger partial charge in [-0.05, 0) is 12.1 Å². The molecule has 2 rings (SSSR count). The number of hydrogen-bond acceptors (Lipinski definition) is 3. The normalized spacial score (nSPS) is 10.4. The van der Waals surface area contributed by atoms with Gasteiger partial charge < -0.3 is 10.3 Å². The van der Waals surface area contributed by atoms with Crippen LogP contribution in [0.3, 0.4) is 0 Å². The van der Waals surface area contributed by atoms with E-state index in [0.717, 1.165) is 20.2 Å². The van der Waals surface area contributed by atoms with Crippen LogP contribution in [0.2, 0.25) is 0 Å². The van der Waals surface area contributed by atoms with Crippen LogP contribution in [0.25, 0.3) is 11.3 Å². The highest BCUT2D eigenvalue weighted by Crippen LogP contribution is 2.30. The standard InChI is InChI=1S/C9H6Br2N2O/c10-5-1-2-6(7(11)3-5)8-4-9(12)14-13-8/h1-4H,12H2. The van der Waals surface area contributed by atoms with Crippen molar-refractivity contribution in [2.45, 2.75) is 0 Å². The number of hydrogen-bond donors (Lipinski definition) is 1. The predicted octanol–water partition coefficient (Wildman–Crippen LogP) is 3.45. The fraction of sp³-hybridized carbons (Fsp3) is 0. The number of nitrogens with two attached hydrogens (primary N) is 1. The Hall–Kier alpha value is -0.810. The SMILES string of the molecule is Nc1cc(-c2ccc(Br)cc2Br)no1. The number of aromatic nitrogens is 1. The van der Waals surface area contributed by atoms with Crippen LogP contribution in [0.1, 0.15) is 0 Å². The van der Waals surface area contributed by atoms with Crippen LogP contribution in [-0.4, -0.2) is 5.16 Å². The minimum Gasteiger partial charge on any atom is -0.368 e. The molecule has 0 aliphatic heterocycles. The maximum absolute atomic E-state index is 5.44. The van der Waals surface area contributed by atoms with Crippen LogP contribution in [0.4, 0.5) is 5.88 Å². The van der Waals surface area contributed by atoms with Gasteiger partial charge in [-0.15, -0.1) is 0 Å². The van der Waals surface area contributed by atoms with Gasteiger partial charge in [0, 0.05) is 20.6 Å². The summed E-state index contributed by atoms with van der Waals surface area (Å²) in [5.41, 5.74) is 7.12. The summed E-state index contributed by atoms with van der Waals surface area (Å²) in [4.78, 5) is 0. The van der Waals surface area contributed by atoms with Crippen molar-refractivity contribution in [3.8, 4) is 11.3 Å². The Morgan fingerprint density at radius 1 is 1.21 bits per heavy atom. The Bertz CT molecular complexity index is 468. The number of anilines is 1. The molecule has 72 valence electrons. The van der Waals surface area contributed by atoms with Crippen LogP contribution >= 0.6 is 31.9 Å². The van der Waals surface area contributed by atoms with Gasteiger partial charge in [0.05, 0.1) is 0 Å². The first kappa shape index (κ1) is 9.73. The smallest absolute Gasteiger partial charge is 0.222 e. The van der Waals surface area contributed by atoms with Crippen molar-refractivity contribution in [1.29, 1.82) is 0 Å². The van der Waals surface area contributed by atoms with Gasteiger partial charge in [0.2, 0.25) is 5.88 Å². The van der Waals surface area contributed by atoms with Gasteiger partial charge in [-0.1, -0.05) is 43.1 Å². The zero-order valence-electron chi connectivity index (χ0n) is 7.00. The molecule has 0 saturated heterocycles. The van der Waals surface area contributed by atoms with E-state index in [2.05, 4.69) is 37.0 Å². The second-order valence-electron chi connectivity index (χ2n) is 2.74. The highest BCUT2D eigenvalue weighted by Gasteiger charge is 2.07. The Kier molecular flexibility index (Phi) is 2.60. The van der Waals surface area contributed by atoms with Gasteiger partial charge in [0.1, 0.15) is 5.69 Å². The lowest BCUT2D eigenvalue weighted by molar-refractivity contribution is 0.439. The molecule has 1 heterocycles. The first-order chi connectivity index (χ1) is 6.66. The van der Waals surface area contributed by atoms with E-state index in [1.165, 1.54) is 0 Å². The van der Waals surface area contributed by atoms with E-state index in [1.807, 2.05) is 18.2 Å². The van der Waals surface area contributed by atoms with E-state index in [-0.39, 0.29) is 0 Å². The summed E-state index contributed by atoms with van der Waals surface area (Å²) in [6, 6.07) is 7.50. The Labute approximate surface area is 97.5 Å². The molecule has 0 aliphatic rings. The number of benzene rings is 1. The summed E-state index contributed by atoms with van der Waals surface area (Å²) >= 11 is 6.82. The maximum atomic E-state index is 5.44. The topological polar surface area (TPSA) is 52.0 Å². The molecular formula is C9H6Br2N2O. The van der Waals surface area contributed by atoms with E-state index < -0.39 is 0 Å². The van der Waals surface area contributed by atoms with Crippen LogP contribution in [0.15, 0.2) is 37.7 Å². The molecule has 3 nitrogen and oxygen atoms in total. The summed E-state index contributed by atoms with van der Waals surface area (Å²) in [7, 11) is 0. The van der Waals surface area contributed by atoms with E-state index in [0.29, 0.717) is 5.88 Å².